The molecule has 30 heavy (non-hydrogen) atoms. The number of aromatic nitrogens is 2. The van der Waals surface area contributed by atoms with Gasteiger partial charge in [-0.15, -0.1) is 0 Å². The second kappa shape index (κ2) is 8.98. The van der Waals surface area contributed by atoms with Gasteiger partial charge in [-0.05, 0) is 49.1 Å². The molecule has 7 nitrogen and oxygen atoms in total. The van der Waals surface area contributed by atoms with Crippen LogP contribution in [-0.4, -0.2) is 47.8 Å². The average Bonchev–Trinajstić information content (AvgIpc) is 3.28. The Hall–Kier alpha value is -3.35. The van der Waals surface area contributed by atoms with Gasteiger partial charge in [0.05, 0.1) is 12.7 Å². The molecule has 0 bridgehead atoms. The number of benzene rings is 2. The summed E-state index contributed by atoms with van der Waals surface area (Å²) in [6, 6.07) is 14.8. The molecule has 0 N–H and O–H groups in total. The van der Waals surface area contributed by atoms with Gasteiger partial charge >= 0.3 is 0 Å². The second-order valence-corrected chi connectivity index (χ2v) is 7.50. The molecule has 0 spiro atoms. The van der Waals surface area contributed by atoms with Crippen LogP contribution in [0.1, 0.15) is 19.8 Å². The lowest BCUT2D eigenvalue weighted by Crippen LogP contribution is -2.40. The van der Waals surface area contributed by atoms with Crippen LogP contribution in [-0.2, 0) is 4.79 Å². The quantitative estimate of drug-likeness (QED) is 0.613. The summed E-state index contributed by atoms with van der Waals surface area (Å²) in [5, 5.41) is 4.10. The van der Waals surface area contributed by atoms with Gasteiger partial charge in [0.1, 0.15) is 11.5 Å². The van der Waals surface area contributed by atoms with E-state index in [2.05, 4.69) is 17.1 Å². The van der Waals surface area contributed by atoms with Gasteiger partial charge < -0.3 is 18.9 Å². The predicted octanol–water partition coefficient (Wildman–Crippen LogP) is 4.05. The molecule has 1 saturated heterocycles. The smallest absolute Gasteiger partial charge is 0.260 e. The first-order valence-corrected chi connectivity index (χ1v) is 10.1. The van der Waals surface area contributed by atoms with Gasteiger partial charge in [0.15, 0.2) is 6.61 Å². The minimum atomic E-state index is -0.00795. The predicted molar refractivity (Wildman–Crippen MR) is 112 cm³/mol. The Morgan fingerprint density at radius 1 is 1.17 bits per heavy atom. The Labute approximate surface area is 175 Å². The van der Waals surface area contributed by atoms with Crippen molar-refractivity contribution in [3.8, 4) is 34.3 Å². The molecule has 0 unspecified atom stereocenters. The number of para-hydroxylation sites is 1. The van der Waals surface area contributed by atoms with E-state index in [0.717, 1.165) is 31.5 Å². The molecule has 1 aliphatic rings. The number of carbonyl (C=O) groups excluding carboxylic acids is 1. The molecule has 1 aliphatic heterocycles. The number of carbonyl (C=O) groups is 1. The number of amides is 1. The zero-order valence-corrected chi connectivity index (χ0v) is 17.2. The first-order valence-electron chi connectivity index (χ1n) is 10.1. The maximum Gasteiger partial charge on any atom is 0.260 e. The number of nitrogens with zero attached hydrogens (tertiary/aromatic N) is 3. The lowest BCUT2D eigenvalue weighted by atomic mass is 9.99. The highest BCUT2D eigenvalue weighted by atomic mass is 16.5. The van der Waals surface area contributed by atoms with Gasteiger partial charge in [0, 0.05) is 18.7 Å². The van der Waals surface area contributed by atoms with Crippen molar-refractivity contribution >= 4 is 5.91 Å². The van der Waals surface area contributed by atoms with Gasteiger partial charge in [-0.3, -0.25) is 4.79 Å². The highest BCUT2D eigenvalue weighted by Gasteiger charge is 2.21. The van der Waals surface area contributed by atoms with Crippen molar-refractivity contribution in [2.75, 3.05) is 26.8 Å². The van der Waals surface area contributed by atoms with E-state index in [0.29, 0.717) is 34.7 Å². The fourth-order valence-electron chi connectivity index (χ4n) is 3.47. The van der Waals surface area contributed by atoms with Crippen molar-refractivity contribution in [2.24, 2.45) is 5.92 Å². The van der Waals surface area contributed by atoms with Gasteiger partial charge in [0.25, 0.3) is 11.8 Å². The Kier molecular flexibility index (Phi) is 5.97. The van der Waals surface area contributed by atoms with Crippen molar-refractivity contribution in [1.82, 2.24) is 15.0 Å². The number of likely N-dealkylation sites (tertiary alicyclic amines) is 1. The molecule has 0 radical (unpaired) electrons. The molecule has 1 aromatic heterocycles. The van der Waals surface area contributed by atoms with Crippen molar-refractivity contribution in [2.45, 2.75) is 19.8 Å². The van der Waals surface area contributed by atoms with E-state index in [4.69, 9.17) is 14.0 Å². The molecule has 0 aliphatic carbocycles. The molecule has 3 aromatic rings. The van der Waals surface area contributed by atoms with E-state index in [-0.39, 0.29) is 12.5 Å². The first kappa shape index (κ1) is 19.9. The zero-order valence-electron chi connectivity index (χ0n) is 17.2. The molecule has 4 rings (SSSR count). The number of methoxy groups -OCH3 is 1. The molecular formula is C23H25N3O4. The molecule has 1 fully saturated rings. The van der Waals surface area contributed by atoms with Crippen LogP contribution in [0.15, 0.2) is 53.1 Å². The minimum absolute atomic E-state index is 0.00175. The van der Waals surface area contributed by atoms with Gasteiger partial charge in [-0.2, -0.15) is 4.98 Å². The fraction of sp³-hybridized carbons (Fsp3) is 0.348. The van der Waals surface area contributed by atoms with Crippen molar-refractivity contribution in [3.63, 3.8) is 0 Å². The van der Waals surface area contributed by atoms with E-state index < -0.39 is 0 Å². The van der Waals surface area contributed by atoms with Crippen molar-refractivity contribution in [3.05, 3.63) is 48.5 Å². The zero-order chi connectivity index (χ0) is 20.9. The van der Waals surface area contributed by atoms with Gasteiger partial charge in [0.2, 0.25) is 5.82 Å². The van der Waals surface area contributed by atoms with Crippen LogP contribution in [0.4, 0.5) is 0 Å². The summed E-state index contributed by atoms with van der Waals surface area (Å²) in [7, 11) is 1.61. The highest BCUT2D eigenvalue weighted by Crippen LogP contribution is 2.30. The summed E-state index contributed by atoms with van der Waals surface area (Å²) in [5.41, 5.74) is 1.44. The van der Waals surface area contributed by atoms with Crippen molar-refractivity contribution in [1.29, 1.82) is 0 Å². The Morgan fingerprint density at radius 2 is 1.97 bits per heavy atom. The third kappa shape index (κ3) is 4.45. The fourth-order valence-corrected chi connectivity index (χ4v) is 3.47. The number of rotatable bonds is 6. The Bertz CT molecular complexity index is 1010. The SMILES string of the molecule is COc1cccc(-c2nc(-c3ccccc3OCC(=O)N3CCC(C)CC3)no2)c1. The standard InChI is InChI=1S/C23H25N3O4/c1-16-10-12-26(13-11-16)21(27)15-29-20-9-4-3-8-19(20)22-24-23(30-25-22)17-6-5-7-18(14-17)28-2/h3-9,14,16H,10-13,15H2,1-2H3. The first-order chi connectivity index (χ1) is 14.6. The van der Waals surface area contributed by atoms with Crippen LogP contribution < -0.4 is 9.47 Å². The summed E-state index contributed by atoms with van der Waals surface area (Å²) in [6.07, 6.45) is 2.08. The second-order valence-electron chi connectivity index (χ2n) is 7.50. The monoisotopic (exact) mass is 407 g/mol. The third-order valence-corrected chi connectivity index (χ3v) is 5.36. The normalized spacial score (nSPS) is 14.5. The van der Waals surface area contributed by atoms with Crippen LogP contribution in [0.5, 0.6) is 11.5 Å². The number of hydrogen-bond donors (Lipinski definition) is 0. The highest BCUT2D eigenvalue weighted by molar-refractivity contribution is 5.78. The van der Waals surface area contributed by atoms with Gasteiger partial charge in [-0.25, -0.2) is 0 Å². The van der Waals surface area contributed by atoms with Crippen LogP contribution >= 0.6 is 0 Å². The molecule has 2 aromatic carbocycles. The summed E-state index contributed by atoms with van der Waals surface area (Å²) in [5.74, 6) is 2.73. The van der Waals surface area contributed by atoms with E-state index >= 15 is 0 Å². The third-order valence-electron chi connectivity index (χ3n) is 5.36. The summed E-state index contributed by atoms with van der Waals surface area (Å²) in [6.45, 7) is 3.80. The van der Waals surface area contributed by atoms with E-state index in [1.165, 1.54) is 0 Å². The van der Waals surface area contributed by atoms with Crippen LogP contribution in [0.2, 0.25) is 0 Å². The largest absolute Gasteiger partial charge is 0.497 e. The van der Waals surface area contributed by atoms with Crippen LogP contribution in [0.3, 0.4) is 0 Å². The number of hydrogen-bond acceptors (Lipinski definition) is 6. The van der Waals surface area contributed by atoms with E-state index in [1.54, 1.807) is 7.11 Å². The van der Waals surface area contributed by atoms with Crippen LogP contribution in [0.25, 0.3) is 22.8 Å². The molecule has 0 atom stereocenters. The number of ether oxygens (including phenoxy) is 2. The van der Waals surface area contributed by atoms with E-state index in [9.17, 15) is 4.79 Å². The maximum absolute atomic E-state index is 12.5. The molecule has 0 saturated carbocycles. The van der Waals surface area contributed by atoms with E-state index in [1.807, 2.05) is 53.4 Å². The molecular weight excluding hydrogens is 382 g/mol. The summed E-state index contributed by atoms with van der Waals surface area (Å²) >= 11 is 0. The number of piperidine rings is 1. The Morgan fingerprint density at radius 3 is 2.77 bits per heavy atom. The summed E-state index contributed by atoms with van der Waals surface area (Å²) in [4.78, 5) is 18.9. The lowest BCUT2D eigenvalue weighted by molar-refractivity contribution is -0.134. The molecule has 7 heteroatoms. The molecule has 1 amide bonds. The van der Waals surface area contributed by atoms with Crippen LogP contribution in [0, 0.1) is 5.92 Å². The Balaban J connectivity index is 1.48. The molecule has 156 valence electrons. The average molecular weight is 407 g/mol. The lowest BCUT2D eigenvalue weighted by Gasteiger charge is -2.30. The molecule has 2 heterocycles. The topological polar surface area (TPSA) is 77.7 Å². The van der Waals surface area contributed by atoms with Gasteiger partial charge in [-0.1, -0.05) is 30.3 Å². The van der Waals surface area contributed by atoms with Crippen molar-refractivity contribution < 1.29 is 18.8 Å². The minimum Gasteiger partial charge on any atom is -0.497 e. The summed E-state index contributed by atoms with van der Waals surface area (Å²) < 4.78 is 16.5. The maximum atomic E-state index is 12.5.